The average Bonchev–Trinajstić information content (AvgIpc) is 3.18. The summed E-state index contributed by atoms with van der Waals surface area (Å²) >= 11 is 0. The number of esters is 1. The summed E-state index contributed by atoms with van der Waals surface area (Å²) in [6.45, 7) is 1.79. The fraction of sp³-hybridized carbons (Fsp3) is 0.348. The molecule has 1 N–H and O–H groups in total. The number of nitrogens with one attached hydrogen (secondary N) is 1. The number of rotatable bonds is 8. The summed E-state index contributed by atoms with van der Waals surface area (Å²) in [6.07, 6.45) is 0.838. The summed E-state index contributed by atoms with van der Waals surface area (Å²) in [5.41, 5.74) is 2.26. The van der Waals surface area contributed by atoms with Gasteiger partial charge in [-0.2, -0.15) is 0 Å². The molecule has 8 nitrogen and oxygen atoms in total. The molecule has 1 aliphatic rings. The van der Waals surface area contributed by atoms with Crippen LogP contribution in [0.5, 0.6) is 11.5 Å². The van der Waals surface area contributed by atoms with Gasteiger partial charge in [-0.3, -0.25) is 14.4 Å². The molecule has 0 saturated carbocycles. The van der Waals surface area contributed by atoms with Crippen LogP contribution in [-0.4, -0.2) is 45.2 Å². The molecule has 1 fully saturated rings. The number of methoxy groups -OCH3 is 2. The van der Waals surface area contributed by atoms with E-state index >= 15 is 0 Å². The summed E-state index contributed by atoms with van der Waals surface area (Å²) in [5, 5.41) is 2.64. The first-order valence-electron chi connectivity index (χ1n) is 10.0. The fourth-order valence-corrected chi connectivity index (χ4v) is 3.52. The van der Waals surface area contributed by atoms with Crippen LogP contribution >= 0.6 is 0 Å². The Balaban J connectivity index is 1.58. The van der Waals surface area contributed by atoms with Crippen LogP contribution in [0, 0.1) is 5.92 Å². The summed E-state index contributed by atoms with van der Waals surface area (Å²) in [5.74, 6) is -0.836. The van der Waals surface area contributed by atoms with E-state index in [0.717, 1.165) is 17.7 Å². The molecule has 0 bridgehead atoms. The Morgan fingerprint density at radius 2 is 1.90 bits per heavy atom. The number of amides is 2. The number of hydrogen-bond acceptors (Lipinski definition) is 6. The maximum atomic E-state index is 12.5. The highest BCUT2D eigenvalue weighted by Gasteiger charge is 2.37. The molecule has 8 heteroatoms. The predicted molar refractivity (Wildman–Crippen MR) is 115 cm³/mol. The van der Waals surface area contributed by atoms with Gasteiger partial charge >= 0.3 is 5.97 Å². The van der Waals surface area contributed by atoms with E-state index in [9.17, 15) is 14.4 Å². The van der Waals surface area contributed by atoms with Crippen molar-refractivity contribution in [3.63, 3.8) is 0 Å². The Hall–Kier alpha value is -3.55. The van der Waals surface area contributed by atoms with Gasteiger partial charge in [-0.05, 0) is 30.2 Å². The third-order valence-corrected chi connectivity index (χ3v) is 5.15. The largest absolute Gasteiger partial charge is 0.497 e. The van der Waals surface area contributed by atoms with Gasteiger partial charge in [0.1, 0.15) is 11.5 Å². The quantitative estimate of drug-likeness (QED) is 0.653. The summed E-state index contributed by atoms with van der Waals surface area (Å²) in [4.78, 5) is 38.8. The SMILES string of the molecule is CCc1ccccc1N1C[C@H](C(=O)OCC(=O)Nc2cc(OC)ccc2OC)CC1=O. The number of anilines is 2. The molecule has 2 aromatic rings. The lowest BCUT2D eigenvalue weighted by Gasteiger charge is -2.19. The van der Waals surface area contributed by atoms with E-state index in [4.69, 9.17) is 14.2 Å². The van der Waals surface area contributed by atoms with Gasteiger partial charge in [0.25, 0.3) is 5.91 Å². The van der Waals surface area contributed by atoms with Crippen molar-refractivity contribution < 1.29 is 28.6 Å². The van der Waals surface area contributed by atoms with Crippen LogP contribution in [0.3, 0.4) is 0 Å². The van der Waals surface area contributed by atoms with Gasteiger partial charge < -0.3 is 24.4 Å². The van der Waals surface area contributed by atoms with E-state index in [2.05, 4.69) is 5.32 Å². The number of aryl methyl sites for hydroxylation is 1. The minimum Gasteiger partial charge on any atom is -0.497 e. The summed E-state index contributed by atoms with van der Waals surface area (Å²) in [7, 11) is 3.00. The first kappa shape index (κ1) is 22.1. The van der Waals surface area contributed by atoms with Gasteiger partial charge in [0.15, 0.2) is 6.61 Å². The van der Waals surface area contributed by atoms with E-state index in [-0.39, 0.29) is 18.9 Å². The Kier molecular flexibility index (Phi) is 7.12. The number of benzene rings is 2. The molecule has 0 unspecified atom stereocenters. The van der Waals surface area contributed by atoms with Gasteiger partial charge in [-0.15, -0.1) is 0 Å². The Labute approximate surface area is 181 Å². The van der Waals surface area contributed by atoms with Crippen molar-refractivity contribution in [2.75, 3.05) is 37.6 Å². The third kappa shape index (κ3) is 5.14. The van der Waals surface area contributed by atoms with Crippen molar-refractivity contribution in [2.24, 2.45) is 5.92 Å². The number of nitrogens with zero attached hydrogens (tertiary/aromatic N) is 1. The van der Waals surface area contributed by atoms with Crippen LogP contribution in [0.4, 0.5) is 11.4 Å². The molecular weight excluding hydrogens is 400 g/mol. The molecule has 0 spiro atoms. The van der Waals surface area contributed by atoms with Crippen molar-refractivity contribution >= 4 is 29.2 Å². The number of carbonyl (C=O) groups is 3. The van der Waals surface area contributed by atoms with Crippen LogP contribution in [0.2, 0.25) is 0 Å². The van der Waals surface area contributed by atoms with Gasteiger partial charge in [0.05, 0.1) is 25.8 Å². The maximum absolute atomic E-state index is 12.5. The molecule has 1 heterocycles. The molecule has 164 valence electrons. The summed E-state index contributed by atoms with van der Waals surface area (Å²) < 4.78 is 15.5. The summed E-state index contributed by atoms with van der Waals surface area (Å²) in [6, 6.07) is 12.6. The van der Waals surface area contributed by atoms with Gasteiger partial charge in [-0.1, -0.05) is 25.1 Å². The second-order valence-corrected chi connectivity index (χ2v) is 7.11. The van der Waals surface area contributed by atoms with Gasteiger partial charge in [0.2, 0.25) is 5.91 Å². The number of hydrogen-bond donors (Lipinski definition) is 1. The zero-order chi connectivity index (χ0) is 22.4. The minimum absolute atomic E-state index is 0.0577. The lowest BCUT2D eigenvalue weighted by molar-refractivity contribution is -0.151. The van der Waals surface area contributed by atoms with Crippen LogP contribution in [-0.2, 0) is 25.5 Å². The topological polar surface area (TPSA) is 94.2 Å². The van der Waals surface area contributed by atoms with Crippen LogP contribution in [0.1, 0.15) is 18.9 Å². The molecule has 1 atom stereocenters. The molecule has 0 aromatic heterocycles. The molecule has 2 amide bonds. The van der Waals surface area contributed by atoms with E-state index in [1.54, 1.807) is 23.1 Å². The fourth-order valence-electron chi connectivity index (χ4n) is 3.52. The first-order chi connectivity index (χ1) is 15.0. The van der Waals surface area contributed by atoms with E-state index in [1.165, 1.54) is 14.2 Å². The van der Waals surface area contributed by atoms with Crippen LogP contribution in [0.15, 0.2) is 42.5 Å². The highest BCUT2D eigenvalue weighted by atomic mass is 16.5. The van der Waals surface area contributed by atoms with Crippen molar-refractivity contribution in [1.82, 2.24) is 0 Å². The lowest BCUT2D eigenvalue weighted by Crippen LogP contribution is -2.28. The molecule has 1 aliphatic heterocycles. The van der Waals surface area contributed by atoms with Crippen LogP contribution in [0.25, 0.3) is 0 Å². The molecule has 1 saturated heterocycles. The molecule has 0 aliphatic carbocycles. The number of para-hydroxylation sites is 1. The van der Waals surface area contributed by atoms with E-state index in [1.807, 2.05) is 31.2 Å². The van der Waals surface area contributed by atoms with Crippen molar-refractivity contribution in [3.8, 4) is 11.5 Å². The van der Waals surface area contributed by atoms with E-state index in [0.29, 0.717) is 17.2 Å². The van der Waals surface area contributed by atoms with Crippen molar-refractivity contribution in [3.05, 3.63) is 48.0 Å². The number of ether oxygens (including phenoxy) is 3. The van der Waals surface area contributed by atoms with Crippen molar-refractivity contribution in [1.29, 1.82) is 0 Å². The zero-order valence-corrected chi connectivity index (χ0v) is 17.8. The van der Waals surface area contributed by atoms with Crippen molar-refractivity contribution in [2.45, 2.75) is 19.8 Å². The number of carbonyl (C=O) groups excluding carboxylic acids is 3. The average molecular weight is 426 g/mol. The van der Waals surface area contributed by atoms with Gasteiger partial charge in [0, 0.05) is 24.7 Å². The Bertz CT molecular complexity index is 974. The minimum atomic E-state index is -0.614. The monoisotopic (exact) mass is 426 g/mol. The molecule has 0 radical (unpaired) electrons. The highest BCUT2D eigenvalue weighted by molar-refractivity contribution is 6.00. The third-order valence-electron chi connectivity index (χ3n) is 5.15. The normalized spacial score (nSPS) is 15.5. The second kappa shape index (κ2) is 9.97. The highest BCUT2D eigenvalue weighted by Crippen LogP contribution is 2.30. The lowest BCUT2D eigenvalue weighted by atomic mass is 10.1. The Morgan fingerprint density at radius 1 is 1.13 bits per heavy atom. The first-order valence-corrected chi connectivity index (χ1v) is 10.0. The zero-order valence-electron chi connectivity index (χ0n) is 17.8. The Morgan fingerprint density at radius 3 is 2.61 bits per heavy atom. The molecule has 2 aromatic carbocycles. The standard InChI is InChI=1S/C23H26N2O6/c1-4-15-7-5-6-8-19(15)25-13-16(11-22(25)27)23(28)31-14-21(26)24-18-12-17(29-2)9-10-20(18)30-3/h5-10,12,16H,4,11,13-14H2,1-3H3,(H,24,26)/t16-/m1/s1. The maximum Gasteiger partial charge on any atom is 0.311 e. The molecule has 3 rings (SSSR count). The van der Waals surface area contributed by atoms with E-state index < -0.39 is 24.4 Å². The van der Waals surface area contributed by atoms with Gasteiger partial charge in [-0.25, -0.2) is 0 Å². The smallest absolute Gasteiger partial charge is 0.311 e. The predicted octanol–water partition coefficient (Wildman–Crippen LogP) is 2.80. The molecule has 31 heavy (non-hydrogen) atoms. The van der Waals surface area contributed by atoms with Crippen LogP contribution < -0.4 is 19.7 Å². The second-order valence-electron chi connectivity index (χ2n) is 7.11. The molecular formula is C23H26N2O6.